The van der Waals surface area contributed by atoms with E-state index in [1.54, 1.807) is 12.1 Å². The van der Waals surface area contributed by atoms with Crippen LogP contribution in [0, 0.1) is 0 Å². The molecule has 7 nitrogen and oxygen atoms in total. The molecule has 0 unspecified atom stereocenters. The van der Waals surface area contributed by atoms with Crippen LogP contribution in [0.1, 0.15) is 0 Å². The second-order valence-corrected chi connectivity index (χ2v) is 7.93. The largest absolute Gasteiger partial charge is 0.367 e. The first-order chi connectivity index (χ1) is 14.5. The van der Waals surface area contributed by atoms with Gasteiger partial charge in [0.15, 0.2) is 17.5 Å². The molecular formula is C21H21Cl2N7. The number of aromatic amines is 1. The summed E-state index contributed by atoms with van der Waals surface area (Å²) >= 11 is 12.6. The van der Waals surface area contributed by atoms with Crippen molar-refractivity contribution in [2.24, 2.45) is 0 Å². The minimum Gasteiger partial charge on any atom is -0.367 e. The third kappa shape index (κ3) is 4.48. The van der Waals surface area contributed by atoms with E-state index in [4.69, 9.17) is 23.2 Å². The minimum atomic E-state index is 0.544. The molecule has 2 aromatic heterocycles. The molecule has 0 saturated carbocycles. The molecule has 0 bridgehead atoms. The number of likely N-dealkylation sites (N-methyl/N-ethyl adjacent to an activating group) is 1. The number of fused-ring (bicyclic) bond motifs is 1. The van der Waals surface area contributed by atoms with Gasteiger partial charge in [-0.3, -0.25) is 5.10 Å². The highest BCUT2D eigenvalue weighted by molar-refractivity contribution is 6.36. The van der Waals surface area contributed by atoms with Gasteiger partial charge in [0, 0.05) is 34.6 Å². The van der Waals surface area contributed by atoms with Gasteiger partial charge in [0.25, 0.3) is 0 Å². The van der Waals surface area contributed by atoms with Crippen molar-refractivity contribution in [2.45, 2.75) is 0 Å². The summed E-state index contributed by atoms with van der Waals surface area (Å²) in [5, 5.41) is 24.8. The van der Waals surface area contributed by atoms with Gasteiger partial charge >= 0.3 is 0 Å². The Labute approximate surface area is 184 Å². The highest BCUT2D eigenvalue weighted by Crippen LogP contribution is 2.35. The Balaban J connectivity index is 1.70. The second-order valence-electron chi connectivity index (χ2n) is 7.09. The maximum absolute atomic E-state index is 6.49. The average molecular weight is 442 g/mol. The third-order valence-corrected chi connectivity index (χ3v) is 5.13. The lowest BCUT2D eigenvalue weighted by atomic mass is 10.1. The molecule has 4 rings (SSSR count). The minimum absolute atomic E-state index is 0.544. The number of nitrogens with one attached hydrogen (secondary N) is 3. The number of halogens is 2. The van der Waals surface area contributed by atoms with Gasteiger partial charge in [-0.1, -0.05) is 41.4 Å². The molecule has 0 amide bonds. The monoisotopic (exact) mass is 441 g/mol. The average Bonchev–Trinajstić information content (AvgIpc) is 3.12. The Hall–Kier alpha value is -2.87. The molecule has 0 aliphatic carbocycles. The first-order valence-corrected chi connectivity index (χ1v) is 10.2. The van der Waals surface area contributed by atoms with Gasteiger partial charge in [-0.05, 0) is 44.4 Å². The first kappa shape index (κ1) is 20.4. The van der Waals surface area contributed by atoms with Gasteiger partial charge in [-0.25, -0.2) is 0 Å². The maximum Gasteiger partial charge on any atom is 0.161 e. The van der Waals surface area contributed by atoms with Crippen LogP contribution in [-0.2, 0) is 0 Å². The fourth-order valence-corrected chi connectivity index (χ4v) is 3.58. The van der Waals surface area contributed by atoms with Gasteiger partial charge < -0.3 is 15.5 Å². The van der Waals surface area contributed by atoms with Crippen molar-refractivity contribution in [1.29, 1.82) is 0 Å². The van der Waals surface area contributed by atoms with Crippen LogP contribution < -0.4 is 10.6 Å². The van der Waals surface area contributed by atoms with Crippen LogP contribution in [0.5, 0.6) is 0 Å². The Morgan fingerprint density at radius 3 is 2.60 bits per heavy atom. The van der Waals surface area contributed by atoms with Crippen molar-refractivity contribution in [3.63, 3.8) is 0 Å². The lowest BCUT2D eigenvalue weighted by Crippen LogP contribution is -2.21. The van der Waals surface area contributed by atoms with Crippen molar-refractivity contribution < 1.29 is 0 Å². The lowest BCUT2D eigenvalue weighted by molar-refractivity contribution is 0.425. The van der Waals surface area contributed by atoms with Crippen molar-refractivity contribution in [2.75, 3.05) is 37.8 Å². The Morgan fingerprint density at radius 2 is 1.80 bits per heavy atom. The normalized spacial score (nSPS) is 11.2. The molecule has 0 atom stereocenters. The zero-order valence-corrected chi connectivity index (χ0v) is 18.1. The summed E-state index contributed by atoms with van der Waals surface area (Å²) in [6.45, 7) is 1.57. The second kappa shape index (κ2) is 8.87. The van der Waals surface area contributed by atoms with E-state index in [-0.39, 0.29) is 0 Å². The number of para-hydroxylation sites is 1. The van der Waals surface area contributed by atoms with Crippen molar-refractivity contribution >= 4 is 51.6 Å². The molecule has 0 spiro atoms. The number of anilines is 3. The van der Waals surface area contributed by atoms with Gasteiger partial charge in [0.05, 0.1) is 10.5 Å². The molecule has 154 valence electrons. The fourth-order valence-electron chi connectivity index (χ4n) is 3.07. The third-order valence-electron chi connectivity index (χ3n) is 4.58. The maximum atomic E-state index is 6.49. The van der Waals surface area contributed by atoms with Gasteiger partial charge in [0.1, 0.15) is 0 Å². The van der Waals surface area contributed by atoms with E-state index in [9.17, 15) is 0 Å². The molecule has 9 heteroatoms. The van der Waals surface area contributed by atoms with Crippen molar-refractivity contribution in [1.82, 2.24) is 25.3 Å². The Kier molecular flexibility index (Phi) is 6.03. The number of aromatic nitrogens is 4. The molecule has 2 aromatic carbocycles. The first-order valence-electron chi connectivity index (χ1n) is 9.43. The van der Waals surface area contributed by atoms with Gasteiger partial charge in [-0.15, -0.1) is 10.2 Å². The predicted molar refractivity (Wildman–Crippen MR) is 124 cm³/mol. The Bertz CT molecular complexity index is 1170. The molecule has 0 aliphatic rings. The predicted octanol–water partition coefficient (Wildman–Crippen LogP) is 5.04. The summed E-state index contributed by atoms with van der Waals surface area (Å²) in [5.41, 5.74) is 2.59. The van der Waals surface area contributed by atoms with E-state index in [0.29, 0.717) is 27.5 Å². The highest BCUT2D eigenvalue weighted by Gasteiger charge is 2.14. The van der Waals surface area contributed by atoms with E-state index in [2.05, 4.69) is 35.9 Å². The summed E-state index contributed by atoms with van der Waals surface area (Å²) in [7, 11) is 4.04. The van der Waals surface area contributed by atoms with E-state index in [1.807, 2.05) is 50.5 Å². The zero-order valence-electron chi connectivity index (χ0n) is 16.6. The number of hydrogen-bond donors (Lipinski definition) is 3. The summed E-state index contributed by atoms with van der Waals surface area (Å²) in [6, 6.07) is 15.2. The standard InChI is InChI=1S/C21H21Cl2N7/c1-30(2)10-9-24-20-16(14-8-7-13(22)11-17(14)23)12-19(27-28-20)25-21-15-5-3-4-6-18(15)26-29-21/h3-8,11-12H,9-10H2,1-2H3,(H,24,28)(H2,25,26,27,29). The summed E-state index contributed by atoms with van der Waals surface area (Å²) in [4.78, 5) is 2.09. The smallest absolute Gasteiger partial charge is 0.161 e. The molecule has 0 radical (unpaired) electrons. The molecule has 3 N–H and O–H groups in total. The van der Waals surface area contributed by atoms with Crippen LogP contribution in [0.4, 0.5) is 17.5 Å². The van der Waals surface area contributed by atoms with Crippen molar-refractivity contribution in [3.8, 4) is 11.1 Å². The number of nitrogens with zero attached hydrogens (tertiary/aromatic N) is 4. The number of H-pyrrole nitrogens is 1. The highest BCUT2D eigenvalue weighted by atomic mass is 35.5. The summed E-state index contributed by atoms with van der Waals surface area (Å²) in [5.74, 6) is 1.89. The van der Waals surface area contributed by atoms with Crippen LogP contribution in [0.15, 0.2) is 48.5 Å². The Morgan fingerprint density at radius 1 is 0.967 bits per heavy atom. The van der Waals surface area contributed by atoms with Crippen molar-refractivity contribution in [3.05, 3.63) is 58.6 Å². The van der Waals surface area contributed by atoms with E-state index >= 15 is 0 Å². The van der Waals surface area contributed by atoms with Gasteiger partial charge in [-0.2, -0.15) is 5.10 Å². The van der Waals surface area contributed by atoms with Crippen LogP contribution >= 0.6 is 23.2 Å². The molecule has 30 heavy (non-hydrogen) atoms. The van der Waals surface area contributed by atoms with E-state index in [1.165, 1.54) is 0 Å². The summed E-state index contributed by atoms with van der Waals surface area (Å²) < 4.78 is 0. The SMILES string of the molecule is CN(C)CCNc1nnc(Nc2n[nH]c3ccccc23)cc1-c1ccc(Cl)cc1Cl. The topological polar surface area (TPSA) is 81.8 Å². The molecule has 0 aliphatic heterocycles. The van der Waals surface area contributed by atoms with Crippen LogP contribution in [0.2, 0.25) is 10.0 Å². The zero-order chi connectivity index (χ0) is 21.1. The number of hydrogen-bond acceptors (Lipinski definition) is 6. The lowest BCUT2D eigenvalue weighted by Gasteiger charge is -2.15. The van der Waals surface area contributed by atoms with E-state index in [0.717, 1.165) is 35.1 Å². The molecule has 2 heterocycles. The fraction of sp³-hybridized carbons (Fsp3) is 0.190. The van der Waals surface area contributed by atoms with Crippen LogP contribution in [0.3, 0.4) is 0 Å². The number of benzene rings is 2. The van der Waals surface area contributed by atoms with E-state index < -0.39 is 0 Å². The van der Waals surface area contributed by atoms with Crippen LogP contribution in [-0.4, -0.2) is 52.5 Å². The molecule has 0 fully saturated rings. The van der Waals surface area contributed by atoms with Crippen LogP contribution in [0.25, 0.3) is 22.0 Å². The molecule has 4 aromatic rings. The molecular weight excluding hydrogens is 421 g/mol. The van der Waals surface area contributed by atoms with Gasteiger partial charge in [0.2, 0.25) is 0 Å². The number of rotatable bonds is 7. The quantitative estimate of drug-likeness (QED) is 0.372. The summed E-state index contributed by atoms with van der Waals surface area (Å²) in [6.07, 6.45) is 0. The molecule has 0 saturated heterocycles.